The molecule has 34 heavy (non-hydrogen) atoms. The molecule has 9 heteroatoms. The molecule has 0 radical (unpaired) electrons. The lowest BCUT2D eigenvalue weighted by Gasteiger charge is -2.28. The summed E-state index contributed by atoms with van der Waals surface area (Å²) in [6, 6.07) is 7.25. The molecule has 6 rings (SSSR count). The number of aromatic amines is 2. The normalized spacial score (nSPS) is 14.3. The molecule has 0 amide bonds. The largest absolute Gasteiger partial charge is 0.376 e. The smallest absolute Gasteiger partial charge is 0.180 e. The van der Waals surface area contributed by atoms with Gasteiger partial charge in [-0.3, -0.25) is 10.1 Å². The van der Waals surface area contributed by atoms with E-state index in [1.807, 2.05) is 37.2 Å². The average molecular weight is 457 g/mol. The van der Waals surface area contributed by atoms with Crippen molar-refractivity contribution in [3.05, 3.63) is 48.7 Å². The van der Waals surface area contributed by atoms with Gasteiger partial charge in [0, 0.05) is 62.2 Å². The lowest BCUT2D eigenvalue weighted by atomic mass is 10.0. The van der Waals surface area contributed by atoms with E-state index < -0.39 is 0 Å². The molecule has 0 bridgehead atoms. The number of benzene rings is 1. The standard InChI is InChI=1S/C25H25FN8/c1-33(2)16-10-15(13-27-14-16)17-11-18-20(12-19(17)26)31-32-22(18)25-29-23-21(6-7-28-24(23)30-25)34-8-4-3-5-9-34/h6-7,10-14H,3-5,8-9H2,1-2H3,(H,31,32)(H,28,29,30). The highest BCUT2D eigenvalue weighted by atomic mass is 19.1. The molecule has 1 aliphatic rings. The van der Waals surface area contributed by atoms with E-state index >= 15 is 4.39 Å². The number of nitrogens with one attached hydrogen (secondary N) is 2. The Bertz CT molecular complexity index is 1500. The molecular weight excluding hydrogens is 431 g/mol. The van der Waals surface area contributed by atoms with Gasteiger partial charge in [0.25, 0.3) is 0 Å². The first-order chi connectivity index (χ1) is 16.6. The van der Waals surface area contributed by atoms with Crippen molar-refractivity contribution >= 4 is 33.4 Å². The Morgan fingerprint density at radius 1 is 1.06 bits per heavy atom. The zero-order valence-corrected chi connectivity index (χ0v) is 19.1. The molecule has 2 N–H and O–H groups in total. The van der Waals surface area contributed by atoms with E-state index in [0.717, 1.165) is 35.4 Å². The van der Waals surface area contributed by atoms with E-state index in [-0.39, 0.29) is 5.82 Å². The van der Waals surface area contributed by atoms with Crippen LogP contribution < -0.4 is 9.80 Å². The van der Waals surface area contributed by atoms with Crippen LogP contribution in [0.4, 0.5) is 15.8 Å². The second-order valence-electron chi connectivity index (χ2n) is 8.94. The summed E-state index contributed by atoms with van der Waals surface area (Å²) in [5.41, 5.74) is 5.99. The van der Waals surface area contributed by atoms with Gasteiger partial charge >= 0.3 is 0 Å². The average Bonchev–Trinajstić information content (AvgIpc) is 3.47. The predicted octanol–water partition coefficient (Wildman–Crippen LogP) is 4.76. The second kappa shape index (κ2) is 8.09. The summed E-state index contributed by atoms with van der Waals surface area (Å²) < 4.78 is 15.0. The molecule has 1 aliphatic heterocycles. The van der Waals surface area contributed by atoms with Gasteiger partial charge in [-0.2, -0.15) is 5.10 Å². The third-order valence-electron chi connectivity index (χ3n) is 6.49. The van der Waals surface area contributed by atoms with Crippen molar-refractivity contribution in [3.63, 3.8) is 0 Å². The van der Waals surface area contributed by atoms with Crippen LogP contribution in [-0.4, -0.2) is 57.3 Å². The van der Waals surface area contributed by atoms with E-state index in [4.69, 9.17) is 4.98 Å². The van der Waals surface area contributed by atoms with Crippen LogP contribution in [0.15, 0.2) is 42.9 Å². The van der Waals surface area contributed by atoms with Crippen molar-refractivity contribution in [2.24, 2.45) is 0 Å². The summed E-state index contributed by atoms with van der Waals surface area (Å²) in [7, 11) is 3.87. The van der Waals surface area contributed by atoms with Crippen molar-refractivity contribution in [1.29, 1.82) is 0 Å². The van der Waals surface area contributed by atoms with Gasteiger partial charge in [0.05, 0.1) is 23.1 Å². The number of imidazole rings is 1. The van der Waals surface area contributed by atoms with Gasteiger partial charge in [0.2, 0.25) is 0 Å². The summed E-state index contributed by atoms with van der Waals surface area (Å²) in [6.07, 6.45) is 8.87. The summed E-state index contributed by atoms with van der Waals surface area (Å²) in [4.78, 5) is 21.3. The van der Waals surface area contributed by atoms with Gasteiger partial charge < -0.3 is 14.8 Å². The number of aromatic nitrogens is 6. The van der Waals surface area contributed by atoms with Crippen LogP contribution in [-0.2, 0) is 0 Å². The van der Waals surface area contributed by atoms with E-state index in [9.17, 15) is 0 Å². The minimum absolute atomic E-state index is 0.334. The number of rotatable bonds is 4. The minimum Gasteiger partial charge on any atom is -0.376 e. The third-order valence-corrected chi connectivity index (χ3v) is 6.49. The van der Waals surface area contributed by atoms with Gasteiger partial charge in [0.1, 0.15) is 17.0 Å². The summed E-state index contributed by atoms with van der Waals surface area (Å²) in [5, 5.41) is 8.21. The van der Waals surface area contributed by atoms with Crippen LogP contribution in [0.25, 0.3) is 44.7 Å². The molecule has 172 valence electrons. The van der Waals surface area contributed by atoms with Crippen LogP contribution in [0.5, 0.6) is 0 Å². The number of hydrogen-bond donors (Lipinski definition) is 2. The van der Waals surface area contributed by atoms with Gasteiger partial charge in [-0.25, -0.2) is 14.4 Å². The number of nitrogens with zero attached hydrogens (tertiary/aromatic N) is 6. The number of fused-ring (bicyclic) bond motifs is 2. The van der Waals surface area contributed by atoms with Gasteiger partial charge in [-0.15, -0.1) is 0 Å². The number of H-pyrrole nitrogens is 2. The van der Waals surface area contributed by atoms with E-state index in [1.54, 1.807) is 18.6 Å². The monoisotopic (exact) mass is 456 g/mol. The molecule has 1 saturated heterocycles. The Hall–Kier alpha value is -4.01. The Kier molecular flexibility index (Phi) is 4.90. The molecule has 5 aromatic rings. The van der Waals surface area contributed by atoms with Crippen molar-refractivity contribution < 1.29 is 4.39 Å². The van der Waals surface area contributed by atoms with Gasteiger partial charge in [-0.1, -0.05) is 0 Å². The van der Waals surface area contributed by atoms with E-state index in [0.29, 0.717) is 33.8 Å². The maximum atomic E-state index is 15.0. The van der Waals surface area contributed by atoms with Crippen LogP contribution in [0.1, 0.15) is 19.3 Å². The summed E-state index contributed by atoms with van der Waals surface area (Å²) in [5.74, 6) is 0.273. The Labute approximate surface area is 195 Å². The molecule has 1 aromatic carbocycles. The van der Waals surface area contributed by atoms with Crippen LogP contribution in [0.2, 0.25) is 0 Å². The van der Waals surface area contributed by atoms with Gasteiger partial charge in [0.15, 0.2) is 11.5 Å². The van der Waals surface area contributed by atoms with Crippen LogP contribution >= 0.6 is 0 Å². The Morgan fingerprint density at radius 3 is 2.74 bits per heavy atom. The highest BCUT2D eigenvalue weighted by Gasteiger charge is 2.20. The molecule has 0 saturated carbocycles. The topological polar surface area (TPSA) is 89.6 Å². The molecule has 4 aromatic heterocycles. The fourth-order valence-corrected chi connectivity index (χ4v) is 4.67. The SMILES string of the molecule is CN(C)c1cncc(-c2cc3c(-c4nc5nccc(N6CCCCC6)c5[nH]4)n[nH]c3cc2F)c1. The van der Waals surface area contributed by atoms with Crippen molar-refractivity contribution in [1.82, 2.24) is 30.1 Å². The first kappa shape index (κ1) is 20.6. The molecular formula is C25H25FN8. The van der Waals surface area contributed by atoms with Crippen LogP contribution in [0, 0.1) is 5.82 Å². The molecule has 5 heterocycles. The third kappa shape index (κ3) is 3.44. The van der Waals surface area contributed by atoms with Gasteiger partial charge in [-0.05, 0) is 37.5 Å². The molecule has 8 nitrogen and oxygen atoms in total. The fraction of sp³-hybridized carbons (Fsp3) is 0.280. The summed E-state index contributed by atoms with van der Waals surface area (Å²) in [6.45, 7) is 2.06. The molecule has 0 atom stereocenters. The molecule has 1 fully saturated rings. The van der Waals surface area contributed by atoms with Crippen LogP contribution in [0.3, 0.4) is 0 Å². The van der Waals surface area contributed by atoms with Crippen molar-refractivity contribution in [3.8, 4) is 22.6 Å². The predicted molar refractivity (Wildman–Crippen MR) is 133 cm³/mol. The number of piperidine rings is 1. The quantitative estimate of drug-likeness (QED) is 0.405. The first-order valence-electron chi connectivity index (χ1n) is 11.5. The number of anilines is 2. The van der Waals surface area contributed by atoms with E-state index in [1.165, 1.54) is 25.3 Å². The molecule has 0 aliphatic carbocycles. The van der Waals surface area contributed by atoms with Crippen molar-refractivity contribution in [2.75, 3.05) is 37.0 Å². The zero-order valence-electron chi connectivity index (χ0n) is 19.1. The highest BCUT2D eigenvalue weighted by molar-refractivity contribution is 5.97. The number of pyridine rings is 2. The number of hydrogen-bond acceptors (Lipinski definition) is 6. The molecule has 0 unspecified atom stereocenters. The zero-order chi connectivity index (χ0) is 23.2. The Morgan fingerprint density at radius 2 is 1.91 bits per heavy atom. The maximum Gasteiger partial charge on any atom is 0.180 e. The minimum atomic E-state index is -0.334. The number of halogens is 1. The summed E-state index contributed by atoms with van der Waals surface area (Å²) >= 11 is 0. The fourth-order valence-electron chi connectivity index (χ4n) is 4.67. The second-order valence-corrected chi connectivity index (χ2v) is 8.94. The lowest BCUT2D eigenvalue weighted by molar-refractivity contribution is 0.578. The molecule has 0 spiro atoms. The highest BCUT2D eigenvalue weighted by Crippen LogP contribution is 2.34. The maximum absolute atomic E-state index is 15.0. The first-order valence-corrected chi connectivity index (χ1v) is 11.5. The van der Waals surface area contributed by atoms with Crippen molar-refractivity contribution in [2.45, 2.75) is 19.3 Å². The Balaban J connectivity index is 1.47. The van der Waals surface area contributed by atoms with E-state index in [2.05, 4.69) is 30.0 Å². The lowest BCUT2D eigenvalue weighted by Crippen LogP contribution is -2.29.